The van der Waals surface area contributed by atoms with Gasteiger partial charge >= 0.3 is 5.97 Å². The van der Waals surface area contributed by atoms with Crippen LogP contribution in [0.25, 0.3) is 11.0 Å². The summed E-state index contributed by atoms with van der Waals surface area (Å²) in [6.07, 6.45) is 4.14. The molecule has 2 aliphatic heterocycles. The molecule has 2 aromatic rings. The maximum Gasteiger partial charge on any atom is 0.341 e. The van der Waals surface area contributed by atoms with Crippen molar-refractivity contribution in [3.05, 3.63) is 33.9 Å². The fraction of sp³-hybridized carbons (Fsp3) is 0.471. The Balaban J connectivity index is 1.73. The van der Waals surface area contributed by atoms with Crippen molar-refractivity contribution < 1.29 is 14.3 Å². The van der Waals surface area contributed by atoms with Gasteiger partial charge in [-0.3, -0.25) is 4.79 Å². The van der Waals surface area contributed by atoms with E-state index in [1.54, 1.807) is 4.57 Å². The standard InChI is InChI=1S/C17H17FN4O3/c18-13-4-11-14(23)12(17(24)25)7-22(9-1-2-9)15(11)20-16(13)21-6-8-3-10(21)5-19-8/h4,7-10,19H,1-3,5-6H2,(H,24,25)/t8-,10-/m0/s1. The number of carboxylic acid groups (broad SMARTS) is 1. The molecule has 130 valence electrons. The van der Waals surface area contributed by atoms with Crippen LogP contribution in [0.2, 0.25) is 0 Å². The van der Waals surface area contributed by atoms with Gasteiger partial charge in [0.1, 0.15) is 11.2 Å². The molecule has 2 aromatic heterocycles. The van der Waals surface area contributed by atoms with Crippen LogP contribution in [0.5, 0.6) is 0 Å². The molecule has 8 heteroatoms. The van der Waals surface area contributed by atoms with Gasteiger partial charge in [0.05, 0.1) is 5.39 Å². The van der Waals surface area contributed by atoms with E-state index in [0.717, 1.165) is 31.9 Å². The number of piperazine rings is 1. The number of nitrogens with one attached hydrogen (secondary N) is 1. The van der Waals surface area contributed by atoms with E-state index in [2.05, 4.69) is 10.3 Å². The van der Waals surface area contributed by atoms with Crippen LogP contribution in [0.3, 0.4) is 0 Å². The maximum atomic E-state index is 14.7. The second-order valence-electron chi connectivity index (χ2n) is 7.13. The average molecular weight is 344 g/mol. The third kappa shape index (κ3) is 2.17. The Hall–Kier alpha value is -2.48. The summed E-state index contributed by atoms with van der Waals surface area (Å²) in [6, 6.07) is 1.85. The number of nitrogens with zero attached hydrogens (tertiary/aromatic N) is 3. The monoisotopic (exact) mass is 344 g/mol. The predicted octanol–water partition coefficient (Wildman–Crippen LogP) is 1.12. The molecule has 5 rings (SSSR count). The molecule has 0 radical (unpaired) electrons. The van der Waals surface area contributed by atoms with Crippen LogP contribution in [0.4, 0.5) is 10.2 Å². The molecule has 0 amide bonds. The molecule has 3 aliphatic rings. The Morgan fingerprint density at radius 2 is 2.16 bits per heavy atom. The van der Waals surface area contributed by atoms with Gasteiger partial charge in [-0.15, -0.1) is 0 Å². The number of hydrogen-bond donors (Lipinski definition) is 2. The summed E-state index contributed by atoms with van der Waals surface area (Å²) in [7, 11) is 0. The van der Waals surface area contributed by atoms with Gasteiger partial charge in [-0.2, -0.15) is 0 Å². The number of aromatic carboxylic acids is 1. The van der Waals surface area contributed by atoms with Gasteiger partial charge in [0.2, 0.25) is 5.43 Å². The molecule has 2 saturated heterocycles. The number of anilines is 1. The molecule has 0 spiro atoms. The molecular weight excluding hydrogens is 327 g/mol. The highest BCUT2D eigenvalue weighted by Gasteiger charge is 2.39. The number of rotatable bonds is 3. The molecule has 3 fully saturated rings. The van der Waals surface area contributed by atoms with Gasteiger partial charge in [-0.05, 0) is 25.3 Å². The summed E-state index contributed by atoms with van der Waals surface area (Å²) in [5.74, 6) is -1.60. The van der Waals surface area contributed by atoms with Crippen molar-refractivity contribution in [2.24, 2.45) is 0 Å². The summed E-state index contributed by atoms with van der Waals surface area (Å²) >= 11 is 0. The van der Waals surface area contributed by atoms with Crippen LogP contribution in [0.15, 0.2) is 17.1 Å². The third-order valence-corrected chi connectivity index (χ3v) is 5.44. The smallest absolute Gasteiger partial charge is 0.341 e. The largest absolute Gasteiger partial charge is 0.477 e. The van der Waals surface area contributed by atoms with E-state index in [1.165, 1.54) is 6.20 Å². The first-order valence-electron chi connectivity index (χ1n) is 8.51. The highest BCUT2D eigenvalue weighted by molar-refractivity contribution is 5.92. The minimum atomic E-state index is -1.30. The molecule has 0 aromatic carbocycles. The van der Waals surface area contributed by atoms with E-state index in [1.807, 2.05) is 4.90 Å². The molecule has 2 atom stereocenters. The van der Waals surface area contributed by atoms with Gasteiger partial charge < -0.3 is 19.9 Å². The van der Waals surface area contributed by atoms with E-state index in [-0.39, 0.29) is 28.9 Å². The normalized spacial score (nSPS) is 25.1. The lowest BCUT2D eigenvalue weighted by molar-refractivity contribution is 0.0695. The number of carbonyl (C=O) groups is 1. The number of fused-ring (bicyclic) bond motifs is 3. The topological polar surface area (TPSA) is 87.5 Å². The first kappa shape index (κ1) is 14.8. The van der Waals surface area contributed by atoms with Crippen molar-refractivity contribution in [3.63, 3.8) is 0 Å². The number of carboxylic acids is 1. The first-order valence-corrected chi connectivity index (χ1v) is 8.51. The Kier molecular flexibility index (Phi) is 2.97. The van der Waals surface area contributed by atoms with Gasteiger partial charge in [0, 0.05) is 37.4 Å². The second-order valence-corrected chi connectivity index (χ2v) is 7.13. The number of pyridine rings is 2. The van der Waals surface area contributed by atoms with Crippen LogP contribution in [0, 0.1) is 5.82 Å². The van der Waals surface area contributed by atoms with Crippen LogP contribution in [-0.4, -0.2) is 45.8 Å². The van der Waals surface area contributed by atoms with Crippen molar-refractivity contribution in [1.29, 1.82) is 0 Å². The Morgan fingerprint density at radius 1 is 1.36 bits per heavy atom. The minimum absolute atomic E-state index is 0.0375. The van der Waals surface area contributed by atoms with Crippen LogP contribution < -0.4 is 15.6 Å². The molecule has 7 nitrogen and oxygen atoms in total. The van der Waals surface area contributed by atoms with Crippen molar-refractivity contribution in [1.82, 2.24) is 14.9 Å². The minimum Gasteiger partial charge on any atom is -0.477 e. The van der Waals surface area contributed by atoms with Gasteiger partial charge in [-0.25, -0.2) is 14.2 Å². The Morgan fingerprint density at radius 3 is 2.76 bits per heavy atom. The van der Waals surface area contributed by atoms with Gasteiger partial charge in [0.25, 0.3) is 0 Å². The summed E-state index contributed by atoms with van der Waals surface area (Å²) in [6.45, 7) is 1.50. The van der Waals surface area contributed by atoms with E-state index in [4.69, 9.17) is 0 Å². The number of hydrogen-bond acceptors (Lipinski definition) is 5. The van der Waals surface area contributed by atoms with Crippen LogP contribution >= 0.6 is 0 Å². The molecular formula is C17H17FN4O3. The Bertz CT molecular complexity index is 968. The van der Waals surface area contributed by atoms with Crippen LogP contribution in [0.1, 0.15) is 35.7 Å². The zero-order chi connectivity index (χ0) is 17.3. The SMILES string of the molecule is O=C(O)c1cn(C2CC2)c2nc(N3C[C@@H]4C[C@H]3CN4)c(F)cc2c1=O. The lowest BCUT2D eigenvalue weighted by Crippen LogP contribution is -2.44. The lowest BCUT2D eigenvalue weighted by Gasteiger charge is -2.29. The lowest BCUT2D eigenvalue weighted by atomic mass is 10.1. The maximum absolute atomic E-state index is 14.7. The first-order chi connectivity index (χ1) is 12.0. The number of aromatic nitrogens is 2. The molecule has 0 unspecified atom stereocenters. The van der Waals surface area contributed by atoms with Gasteiger partial charge in [-0.1, -0.05) is 0 Å². The molecule has 2 bridgehead atoms. The van der Waals surface area contributed by atoms with Crippen molar-refractivity contribution in [2.45, 2.75) is 37.4 Å². The summed E-state index contributed by atoms with van der Waals surface area (Å²) in [5.41, 5.74) is -0.635. The third-order valence-electron chi connectivity index (χ3n) is 5.44. The summed E-state index contributed by atoms with van der Waals surface area (Å²) in [5, 5.41) is 12.7. The fourth-order valence-electron chi connectivity index (χ4n) is 4.04. The number of halogens is 1. The van der Waals surface area contributed by atoms with Crippen molar-refractivity contribution in [3.8, 4) is 0 Å². The quantitative estimate of drug-likeness (QED) is 0.868. The van der Waals surface area contributed by atoms with E-state index in [0.29, 0.717) is 18.2 Å². The molecule has 1 saturated carbocycles. The average Bonchev–Trinajstić information content (AvgIpc) is 3.21. The summed E-state index contributed by atoms with van der Waals surface area (Å²) < 4.78 is 16.5. The highest BCUT2D eigenvalue weighted by atomic mass is 19.1. The zero-order valence-electron chi connectivity index (χ0n) is 13.4. The van der Waals surface area contributed by atoms with E-state index >= 15 is 0 Å². The molecule has 2 N–H and O–H groups in total. The second kappa shape index (κ2) is 5.01. The summed E-state index contributed by atoms with van der Waals surface area (Å²) in [4.78, 5) is 30.3. The molecule has 1 aliphatic carbocycles. The predicted molar refractivity (Wildman–Crippen MR) is 88.7 cm³/mol. The molecule has 4 heterocycles. The van der Waals surface area contributed by atoms with Crippen molar-refractivity contribution >= 4 is 22.8 Å². The Labute approximate surface area is 142 Å². The molecule has 25 heavy (non-hydrogen) atoms. The van der Waals surface area contributed by atoms with Gasteiger partial charge in [0.15, 0.2) is 11.6 Å². The zero-order valence-corrected chi connectivity index (χ0v) is 13.4. The van der Waals surface area contributed by atoms with Crippen LogP contribution in [-0.2, 0) is 0 Å². The fourth-order valence-corrected chi connectivity index (χ4v) is 4.04. The van der Waals surface area contributed by atoms with Crippen molar-refractivity contribution in [2.75, 3.05) is 18.0 Å². The van der Waals surface area contributed by atoms with E-state index in [9.17, 15) is 19.1 Å². The highest BCUT2D eigenvalue weighted by Crippen LogP contribution is 2.38. The van der Waals surface area contributed by atoms with E-state index < -0.39 is 17.2 Å².